The van der Waals surface area contributed by atoms with Crippen LogP contribution in [0.2, 0.25) is 0 Å². The van der Waals surface area contributed by atoms with E-state index in [1.807, 2.05) is 88.6 Å². The highest BCUT2D eigenvalue weighted by Gasteiger charge is 2.34. The number of carbonyl (C=O) groups is 1. The van der Waals surface area contributed by atoms with E-state index in [1.54, 1.807) is 15.6 Å². The Morgan fingerprint density at radius 3 is 2.59 bits per heavy atom. The van der Waals surface area contributed by atoms with Crippen molar-refractivity contribution in [1.82, 2.24) is 24.9 Å². The van der Waals surface area contributed by atoms with Gasteiger partial charge in [-0.3, -0.25) is 10.00 Å². The third-order valence-electron chi connectivity index (χ3n) is 6.01. The van der Waals surface area contributed by atoms with E-state index in [0.29, 0.717) is 12.2 Å². The number of aromatic nitrogens is 4. The van der Waals surface area contributed by atoms with Gasteiger partial charge in [0.05, 0.1) is 17.9 Å². The highest BCUT2D eigenvalue weighted by Crippen LogP contribution is 2.39. The number of carbonyl (C=O) groups excluding carboxylic acids is 1. The lowest BCUT2D eigenvalue weighted by Gasteiger charge is -2.37. The second kappa shape index (κ2) is 8.37. The Labute approximate surface area is 198 Å². The maximum Gasteiger partial charge on any atom is 0.320 e. The summed E-state index contributed by atoms with van der Waals surface area (Å²) in [5.74, 6) is 1.41. The molecule has 0 saturated carbocycles. The van der Waals surface area contributed by atoms with Gasteiger partial charge in [0.2, 0.25) is 0 Å². The molecule has 174 valence electrons. The second-order valence-electron chi connectivity index (χ2n) is 9.23. The zero-order valence-electron chi connectivity index (χ0n) is 19.7. The van der Waals surface area contributed by atoms with Gasteiger partial charge in [-0.25, -0.2) is 9.48 Å². The largest absolute Gasteiger partial charge is 0.487 e. The average Bonchev–Trinajstić information content (AvgIpc) is 3.37. The first-order chi connectivity index (χ1) is 16.3. The fourth-order valence-corrected chi connectivity index (χ4v) is 4.45. The Morgan fingerprint density at radius 1 is 1.12 bits per heavy atom. The summed E-state index contributed by atoms with van der Waals surface area (Å²) >= 11 is 0. The summed E-state index contributed by atoms with van der Waals surface area (Å²) in [7, 11) is 1.87. The van der Waals surface area contributed by atoms with E-state index in [1.165, 1.54) is 0 Å². The maximum atomic E-state index is 13.3. The lowest BCUT2D eigenvalue weighted by molar-refractivity contribution is 0.0683. The number of fused-ring (bicyclic) bond motifs is 1. The lowest BCUT2D eigenvalue weighted by Crippen LogP contribution is -2.42. The molecule has 4 aromatic rings. The number of hydrogen-bond donors (Lipinski definition) is 2. The number of rotatable bonds is 4. The molecule has 3 heterocycles. The summed E-state index contributed by atoms with van der Waals surface area (Å²) in [5, 5.41) is 15.3. The van der Waals surface area contributed by atoms with Crippen LogP contribution in [0.5, 0.6) is 5.75 Å². The van der Waals surface area contributed by atoms with Crippen LogP contribution in [-0.2, 0) is 7.05 Å². The number of benzene rings is 2. The molecule has 0 bridgehead atoms. The molecule has 8 nitrogen and oxygen atoms in total. The first kappa shape index (κ1) is 21.8. The molecule has 0 radical (unpaired) electrons. The van der Waals surface area contributed by atoms with Crippen LogP contribution in [0.1, 0.15) is 37.4 Å². The zero-order chi connectivity index (χ0) is 23.9. The molecule has 34 heavy (non-hydrogen) atoms. The van der Waals surface area contributed by atoms with Crippen LogP contribution in [0.15, 0.2) is 67.0 Å². The van der Waals surface area contributed by atoms with Gasteiger partial charge in [-0.15, -0.1) is 0 Å². The molecule has 1 aliphatic heterocycles. The number of anilines is 1. The molecule has 1 aliphatic rings. The summed E-state index contributed by atoms with van der Waals surface area (Å²) in [5.41, 5.74) is 3.96. The minimum atomic E-state index is -0.387. The Bertz CT molecular complexity index is 1340. The summed E-state index contributed by atoms with van der Waals surface area (Å²) in [6.45, 7) is 6.02. The molecule has 0 fully saturated rings. The highest BCUT2D eigenvalue weighted by atomic mass is 16.5. The van der Waals surface area contributed by atoms with Gasteiger partial charge in [0.1, 0.15) is 22.9 Å². The Morgan fingerprint density at radius 2 is 1.85 bits per heavy atom. The molecule has 0 saturated heterocycles. The van der Waals surface area contributed by atoms with Crippen molar-refractivity contribution in [2.75, 3.05) is 5.32 Å². The van der Waals surface area contributed by atoms with Crippen LogP contribution in [0.25, 0.3) is 16.9 Å². The molecular weight excluding hydrogens is 428 g/mol. The van der Waals surface area contributed by atoms with Gasteiger partial charge in [-0.05, 0) is 39.0 Å². The van der Waals surface area contributed by atoms with E-state index in [-0.39, 0.29) is 17.7 Å². The number of nitrogens with zero attached hydrogens (tertiary/aromatic N) is 4. The Balaban J connectivity index is 1.47. The fourth-order valence-electron chi connectivity index (χ4n) is 4.45. The second-order valence-corrected chi connectivity index (χ2v) is 9.23. The third-order valence-corrected chi connectivity index (χ3v) is 6.01. The van der Waals surface area contributed by atoms with Crippen molar-refractivity contribution >= 4 is 11.8 Å². The monoisotopic (exact) mass is 456 g/mol. The molecule has 2 aromatic carbocycles. The van der Waals surface area contributed by atoms with Crippen LogP contribution in [-0.4, -0.2) is 31.2 Å². The SMILES string of the molecule is Cc1c(-c2cnn(C)c2)nn(-c2ccccc2)c1NC(=O)NC1CC(C)(C)Oc2ccccc21. The minimum absolute atomic E-state index is 0.175. The number of hydrogen-bond acceptors (Lipinski definition) is 4. The predicted octanol–water partition coefficient (Wildman–Crippen LogP) is 5.01. The number of urea groups is 1. The van der Waals surface area contributed by atoms with Gasteiger partial charge in [0.25, 0.3) is 0 Å². The smallest absolute Gasteiger partial charge is 0.320 e. The molecule has 1 atom stereocenters. The van der Waals surface area contributed by atoms with Crippen LogP contribution in [0.4, 0.5) is 10.6 Å². The van der Waals surface area contributed by atoms with Crippen LogP contribution in [0.3, 0.4) is 0 Å². The normalized spacial score (nSPS) is 16.4. The molecule has 2 amide bonds. The van der Waals surface area contributed by atoms with Gasteiger partial charge in [-0.2, -0.15) is 10.2 Å². The van der Waals surface area contributed by atoms with Crippen molar-refractivity contribution in [2.45, 2.75) is 38.8 Å². The van der Waals surface area contributed by atoms with Gasteiger partial charge in [-0.1, -0.05) is 36.4 Å². The lowest BCUT2D eigenvalue weighted by atomic mass is 9.90. The zero-order valence-corrected chi connectivity index (χ0v) is 19.7. The van der Waals surface area contributed by atoms with Crippen molar-refractivity contribution < 1.29 is 9.53 Å². The third kappa shape index (κ3) is 4.14. The standard InChI is InChI=1S/C26H28N6O2/c1-17-23(18-15-27-31(4)16-18)30-32(19-10-6-5-7-11-19)24(17)29-25(33)28-21-14-26(2,3)34-22-13-9-8-12-20(21)22/h5-13,15-16,21H,14H2,1-4H3,(H2,28,29,33). The molecule has 0 aliphatic carbocycles. The van der Waals surface area contributed by atoms with Crippen LogP contribution < -0.4 is 15.4 Å². The maximum absolute atomic E-state index is 13.3. The van der Waals surface area contributed by atoms with Gasteiger partial charge >= 0.3 is 6.03 Å². The van der Waals surface area contributed by atoms with Crippen molar-refractivity contribution in [2.24, 2.45) is 7.05 Å². The van der Waals surface area contributed by atoms with E-state index in [2.05, 4.69) is 15.7 Å². The molecule has 1 unspecified atom stereocenters. The van der Waals surface area contributed by atoms with Crippen LogP contribution in [0, 0.1) is 6.92 Å². The van der Waals surface area contributed by atoms with E-state index in [9.17, 15) is 4.79 Å². The molecule has 2 N–H and O–H groups in total. The summed E-state index contributed by atoms with van der Waals surface area (Å²) in [6.07, 6.45) is 4.35. The summed E-state index contributed by atoms with van der Waals surface area (Å²) in [6, 6.07) is 17.1. The molecule has 2 aromatic heterocycles. The number of amides is 2. The Kier molecular flexibility index (Phi) is 5.36. The van der Waals surface area contributed by atoms with E-state index >= 15 is 0 Å². The predicted molar refractivity (Wildman–Crippen MR) is 131 cm³/mol. The highest BCUT2D eigenvalue weighted by molar-refractivity contribution is 5.91. The molecule has 5 rings (SSSR count). The molecule has 0 spiro atoms. The van der Waals surface area contributed by atoms with Crippen molar-refractivity contribution in [1.29, 1.82) is 0 Å². The van der Waals surface area contributed by atoms with Crippen molar-refractivity contribution in [3.63, 3.8) is 0 Å². The van der Waals surface area contributed by atoms with E-state index in [0.717, 1.165) is 33.8 Å². The average molecular weight is 457 g/mol. The first-order valence-corrected chi connectivity index (χ1v) is 11.3. The number of nitrogens with one attached hydrogen (secondary N) is 2. The molecule has 8 heteroatoms. The van der Waals surface area contributed by atoms with Gasteiger partial charge < -0.3 is 10.1 Å². The molecular formula is C26H28N6O2. The topological polar surface area (TPSA) is 86.0 Å². The Hall–Kier alpha value is -4.07. The quantitative estimate of drug-likeness (QED) is 0.452. The fraction of sp³-hybridized carbons (Fsp3) is 0.269. The first-order valence-electron chi connectivity index (χ1n) is 11.3. The van der Waals surface area contributed by atoms with E-state index < -0.39 is 0 Å². The number of ether oxygens (including phenoxy) is 1. The van der Waals surface area contributed by atoms with Gasteiger partial charge in [0, 0.05) is 36.4 Å². The minimum Gasteiger partial charge on any atom is -0.487 e. The summed E-state index contributed by atoms with van der Waals surface area (Å²) < 4.78 is 9.61. The summed E-state index contributed by atoms with van der Waals surface area (Å²) in [4.78, 5) is 13.3. The van der Waals surface area contributed by atoms with Crippen LogP contribution >= 0.6 is 0 Å². The number of aryl methyl sites for hydroxylation is 1. The number of para-hydroxylation sites is 2. The van der Waals surface area contributed by atoms with Gasteiger partial charge in [0.15, 0.2) is 0 Å². The van der Waals surface area contributed by atoms with Crippen molar-refractivity contribution in [3.05, 3.63) is 78.1 Å². The van der Waals surface area contributed by atoms with E-state index in [4.69, 9.17) is 9.84 Å². The van der Waals surface area contributed by atoms with Crippen molar-refractivity contribution in [3.8, 4) is 22.7 Å².